The minimum absolute atomic E-state index is 0.289. The van der Waals surface area contributed by atoms with Crippen LogP contribution in [0.5, 0.6) is 5.75 Å². The van der Waals surface area contributed by atoms with E-state index in [1.165, 1.54) is 5.39 Å². The van der Waals surface area contributed by atoms with E-state index in [-0.39, 0.29) is 6.04 Å². The number of fused-ring (bicyclic) bond motifs is 1. The van der Waals surface area contributed by atoms with E-state index in [0.717, 1.165) is 23.5 Å². The van der Waals surface area contributed by atoms with E-state index in [9.17, 15) is 0 Å². The van der Waals surface area contributed by atoms with E-state index in [1.54, 1.807) is 0 Å². The third-order valence-corrected chi connectivity index (χ3v) is 2.97. The smallest absolute Gasteiger partial charge is 0.120 e. The summed E-state index contributed by atoms with van der Waals surface area (Å²) in [5, 5.41) is 4.33. The largest absolute Gasteiger partial charge is 0.491 e. The van der Waals surface area contributed by atoms with Crippen LogP contribution in [0.25, 0.3) is 10.9 Å². The average Bonchev–Trinajstić information content (AvgIpc) is 2.94. The van der Waals surface area contributed by atoms with Crippen molar-refractivity contribution in [3.05, 3.63) is 42.4 Å². The first-order chi connectivity index (χ1) is 8.31. The van der Waals surface area contributed by atoms with Crippen LogP contribution in [0.3, 0.4) is 0 Å². The van der Waals surface area contributed by atoms with Crippen LogP contribution in [-0.2, 0) is 0 Å². The molecule has 0 saturated heterocycles. The second-order valence-electron chi connectivity index (χ2n) is 4.27. The number of rotatable bonds is 3. The third kappa shape index (κ3) is 2.06. The summed E-state index contributed by atoms with van der Waals surface area (Å²) < 4.78 is 5.75. The van der Waals surface area contributed by atoms with Crippen LogP contribution in [-0.4, -0.2) is 17.6 Å². The number of aromatic nitrogens is 1. The van der Waals surface area contributed by atoms with Crippen molar-refractivity contribution < 1.29 is 4.74 Å². The molecule has 4 N–H and O–H groups in total. The van der Waals surface area contributed by atoms with Crippen molar-refractivity contribution in [2.45, 2.75) is 12.5 Å². The molecule has 0 radical (unpaired) electrons. The van der Waals surface area contributed by atoms with Crippen LogP contribution in [0.4, 0.5) is 0 Å². The summed E-state index contributed by atoms with van der Waals surface area (Å²) in [7, 11) is 0. The van der Waals surface area contributed by atoms with Crippen LogP contribution >= 0.6 is 0 Å². The molecule has 1 atom stereocenters. The lowest BCUT2D eigenvalue weighted by molar-refractivity contribution is 0.279. The predicted octanol–water partition coefficient (Wildman–Crippen LogP) is 1.71. The van der Waals surface area contributed by atoms with Gasteiger partial charge in [0, 0.05) is 17.1 Å². The molecule has 1 aliphatic rings. The monoisotopic (exact) mass is 229 g/mol. The van der Waals surface area contributed by atoms with Crippen LogP contribution < -0.4 is 15.8 Å². The van der Waals surface area contributed by atoms with Gasteiger partial charge in [-0.25, -0.2) is 0 Å². The molecule has 3 rings (SSSR count). The Bertz CT molecular complexity index is 559. The van der Waals surface area contributed by atoms with Gasteiger partial charge in [0.15, 0.2) is 0 Å². The molecule has 4 nitrogen and oxygen atoms in total. The molecule has 0 aliphatic carbocycles. The Balaban J connectivity index is 1.64. The van der Waals surface area contributed by atoms with Crippen molar-refractivity contribution in [3.63, 3.8) is 0 Å². The van der Waals surface area contributed by atoms with E-state index in [4.69, 9.17) is 10.5 Å². The summed E-state index contributed by atoms with van der Waals surface area (Å²) in [6.45, 7) is 0.632. The molecule has 0 spiro atoms. The lowest BCUT2D eigenvalue weighted by Crippen LogP contribution is -2.31. The van der Waals surface area contributed by atoms with Gasteiger partial charge >= 0.3 is 0 Å². The molecule has 1 unspecified atom stereocenters. The molecule has 1 aliphatic heterocycles. The Labute approximate surface area is 99.5 Å². The molecule has 0 amide bonds. The number of benzene rings is 1. The van der Waals surface area contributed by atoms with Gasteiger partial charge in [-0.1, -0.05) is 0 Å². The zero-order chi connectivity index (χ0) is 11.7. The van der Waals surface area contributed by atoms with Gasteiger partial charge in [-0.15, -0.1) is 0 Å². The maximum Gasteiger partial charge on any atom is 0.120 e. The average molecular weight is 229 g/mol. The molecule has 0 fully saturated rings. The molecular formula is C13H15N3O. The minimum atomic E-state index is 0.289. The first kappa shape index (κ1) is 10.1. The molecule has 4 heteroatoms. The summed E-state index contributed by atoms with van der Waals surface area (Å²) >= 11 is 0. The van der Waals surface area contributed by atoms with Crippen LogP contribution in [0.2, 0.25) is 0 Å². The molecule has 1 aromatic heterocycles. The van der Waals surface area contributed by atoms with Gasteiger partial charge < -0.3 is 20.8 Å². The standard InChI is InChI=1S/C13H15N3O/c14-13-4-1-10(16-13)8-17-11-2-3-12-9(7-11)5-6-15-12/h2-7,10,15-16H,1,8,14H2. The highest BCUT2D eigenvalue weighted by molar-refractivity contribution is 5.80. The van der Waals surface area contributed by atoms with E-state index in [2.05, 4.69) is 10.3 Å². The Hall–Kier alpha value is -2.10. The van der Waals surface area contributed by atoms with Gasteiger partial charge in [0.05, 0.1) is 11.9 Å². The fraction of sp³-hybridized carbons (Fsp3) is 0.231. The molecule has 88 valence electrons. The fourth-order valence-electron chi connectivity index (χ4n) is 2.05. The lowest BCUT2D eigenvalue weighted by atomic mass is 10.2. The molecular weight excluding hydrogens is 214 g/mol. The quantitative estimate of drug-likeness (QED) is 0.750. The molecule has 2 heterocycles. The second kappa shape index (κ2) is 4.05. The highest BCUT2D eigenvalue weighted by Gasteiger charge is 2.14. The lowest BCUT2D eigenvalue weighted by Gasteiger charge is -2.13. The minimum Gasteiger partial charge on any atom is -0.491 e. The normalized spacial score (nSPS) is 19.1. The van der Waals surface area contributed by atoms with Gasteiger partial charge in [0.1, 0.15) is 12.4 Å². The van der Waals surface area contributed by atoms with Crippen molar-refractivity contribution in [1.82, 2.24) is 10.3 Å². The summed E-state index contributed by atoms with van der Waals surface area (Å²) in [6.07, 6.45) is 4.85. The molecule has 17 heavy (non-hydrogen) atoms. The van der Waals surface area contributed by atoms with Crippen molar-refractivity contribution in [3.8, 4) is 5.75 Å². The number of H-pyrrole nitrogens is 1. The maximum atomic E-state index is 5.75. The van der Waals surface area contributed by atoms with Gasteiger partial charge in [-0.05, 0) is 36.8 Å². The van der Waals surface area contributed by atoms with E-state index in [1.807, 2.05) is 36.5 Å². The van der Waals surface area contributed by atoms with Crippen molar-refractivity contribution in [2.75, 3.05) is 6.61 Å². The first-order valence-electron chi connectivity index (χ1n) is 5.73. The SMILES string of the molecule is NC1=CCC(COc2ccc3[nH]ccc3c2)N1. The van der Waals surface area contributed by atoms with Crippen LogP contribution in [0.1, 0.15) is 6.42 Å². The zero-order valence-corrected chi connectivity index (χ0v) is 9.44. The van der Waals surface area contributed by atoms with Crippen molar-refractivity contribution in [2.24, 2.45) is 5.73 Å². The first-order valence-corrected chi connectivity index (χ1v) is 5.73. The van der Waals surface area contributed by atoms with Crippen LogP contribution in [0, 0.1) is 0 Å². The van der Waals surface area contributed by atoms with Crippen molar-refractivity contribution in [1.29, 1.82) is 0 Å². The number of nitrogens with two attached hydrogens (primary N) is 1. The van der Waals surface area contributed by atoms with E-state index in [0.29, 0.717) is 6.61 Å². The summed E-state index contributed by atoms with van der Waals surface area (Å²) in [5.74, 6) is 1.64. The number of nitrogens with one attached hydrogen (secondary N) is 2. The predicted molar refractivity (Wildman–Crippen MR) is 67.6 cm³/mol. The number of hydrogen-bond donors (Lipinski definition) is 3. The number of ether oxygens (including phenoxy) is 1. The number of hydrogen-bond acceptors (Lipinski definition) is 3. The molecule has 0 bridgehead atoms. The van der Waals surface area contributed by atoms with Crippen LogP contribution in [0.15, 0.2) is 42.4 Å². The molecule has 1 aromatic carbocycles. The van der Waals surface area contributed by atoms with Gasteiger partial charge in [0.2, 0.25) is 0 Å². The van der Waals surface area contributed by atoms with E-state index < -0.39 is 0 Å². The molecule has 0 saturated carbocycles. The van der Waals surface area contributed by atoms with Gasteiger partial charge in [-0.3, -0.25) is 0 Å². The summed E-state index contributed by atoms with van der Waals surface area (Å²) in [5.41, 5.74) is 6.77. The zero-order valence-electron chi connectivity index (χ0n) is 9.44. The second-order valence-corrected chi connectivity index (χ2v) is 4.27. The van der Waals surface area contributed by atoms with Gasteiger partial charge in [-0.2, -0.15) is 0 Å². The fourth-order valence-corrected chi connectivity index (χ4v) is 2.05. The Morgan fingerprint density at radius 1 is 1.35 bits per heavy atom. The topological polar surface area (TPSA) is 63.1 Å². The Morgan fingerprint density at radius 2 is 2.29 bits per heavy atom. The Kier molecular flexibility index (Phi) is 2.40. The summed E-state index contributed by atoms with van der Waals surface area (Å²) in [4.78, 5) is 3.16. The third-order valence-electron chi connectivity index (χ3n) is 2.97. The van der Waals surface area contributed by atoms with Crippen molar-refractivity contribution >= 4 is 10.9 Å². The highest BCUT2D eigenvalue weighted by atomic mass is 16.5. The summed E-state index contributed by atoms with van der Waals surface area (Å²) in [6, 6.07) is 8.37. The Morgan fingerprint density at radius 3 is 3.12 bits per heavy atom. The maximum absolute atomic E-state index is 5.75. The van der Waals surface area contributed by atoms with E-state index >= 15 is 0 Å². The highest BCUT2D eigenvalue weighted by Crippen LogP contribution is 2.20. The molecule has 2 aromatic rings. The number of aromatic amines is 1. The van der Waals surface area contributed by atoms with Gasteiger partial charge in [0.25, 0.3) is 0 Å².